The first-order chi connectivity index (χ1) is 15.1. The van der Waals surface area contributed by atoms with E-state index in [1.165, 1.54) is 12.1 Å². The van der Waals surface area contributed by atoms with E-state index in [0.29, 0.717) is 0 Å². The number of amides is 1. The molecule has 0 saturated carbocycles. The quantitative estimate of drug-likeness (QED) is 0.476. The van der Waals surface area contributed by atoms with E-state index >= 15 is 0 Å². The van der Waals surface area contributed by atoms with Crippen LogP contribution in [0.4, 0.5) is 4.39 Å². The van der Waals surface area contributed by atoms with Crippen molar-refractivity contribution < 1.29 is 13.9 Å². The highest BCUT2D eigenvalue weighted by Gasteiger charge is 2.22. The van der Waals surface area contributed by atoms with Crippen molar-refractivity contribution in [3.63, 3.8) is 0 Å². The zero-order valence-corrected chi connectivity index (χ0v) is 17.5. The highest BCUT2D eigenvalue weighted by atomic mass is 19.1. The lowest BCUT2D eigenvalue weighted by Gasteiger charge is -2.19. The van der Waals surface area contributed by atoms with Crippen LogP contribution in [0.5, 0.6) is 5.75 Å². The summed E-state index contributed by atoms with van der Waals surface area (Å²) in [7, 11) is 1.61. The molecule has 1 N–H and O–H groups in total. The van der Waals surface area contributed by atoms with E-state index in [1.807, 2.05) is 42.7 Å². The van der Waals surface area contributed by atoms with E-state index in [1.54, 1.807) is 25.4 Å². The van der Waals surface area contributed by atoms with Gasteiger partial charge in [0.25, 0.3) is 0 Å². The zero-order chi connectivity index (χ0) is 21.8. The second-order valence-corrected chi connectivity index (χ2v) is 7.34. The minimum Gasteiger partial charge on any atom is -0.497 e. The van der Waals surface area contributed by atoms with Crippen LogP contribution in [-0.4, -0.2) is 22.6 Å². The van der Waals surface area contributed by atoms with E-state index in [2.05, 4.69) is 21.8 Å². The Kier molecular flexibility index (Phi) is 5.98. The van der Waals surface area contributed by atoms with Crippen molar-refractivity contribution in [1.29, 1.82) is 0 Å². The number of nitrogens with zero attached hydrogens (tertiary/aromatic N) is 2. The van der Waals surface area contributed by atoms with E-state index in [4.69, 9.17) is 4.74 Å². The van der Waals surface area contributed by atoms with Crippen molar-refractivity contribution >= 4 is 16.8 Å². The zero-order valence-electron chi connectivity index (χ0n) is 17.5. The van der Waals surface area contributed by atoms with Crippen molar-refractivity contribution in [2.45, 2.75) is 25.9 Å². The summed E-state index contributed by atoms with van der Waals surface area (Å²) in [6, 6.07) is 15.2. The number of hydrogen-bond acceptors (Lipinski definition) is 3. The van der Waals surface area contributed by atoms with Gasteiger partial charge in [0, 0.05) is 29.9 Å². The molecule has 4 aromatic rings. The van der Waals surface area contributed by atoms with Gasteiger partial charge in [-0.2, -0.15) is 0 Å². The fourth-order valence-corrected chi connectivity index (χ4v) is 3.79. The summed E-state index contributed by atoms with van der Waals surface area (Å²) in [5, 5.41) is 4.16. The molecule has 2 aromatic carbocycles. The van der Waals surface area contributed by atoms with Crippen LogP contribution in [0.2, 0.25) is 0 Å². The van der Waals surface area contributed by atoms with E-state index < -0.39 is 6.04 Å². The number of benzene rings is 2. The van der Waals surface area contributed by atoms with Crippen LogP contribution in [0.3, 0.4) is 0 Å². The Hall–Kier alpha value is -3.67. The maximum absolute atomic E-state index is 13.6. The summed E-state index contributed by atoms with van der Waals surface area (Å²) in [6.07, 6.45) is 5.83. The third kappa shape index (κ3) is 4.43. The molecule has 1 amide bonds. The summed E-state index contributed by atoms with van der Waals surface area (Å²) in [6.45, 7) is 2.84. The third-order valence-electron chi connectivity index (χ3n) is 5.40. The maximum Gasteiger partial charge on any atom is 0.225 e. The van der Waals surface area contributed by atoms with Crippen LogP contribution in [0.1, 0.15) is 29.7 Å². The predicted molar refractivity (Wildman–Crippen MR) is 118 cm³/mol. The van der Waals surface area contributed by atoms with Crippen LogP contribution in [-0.2, 0) is 17.8 Å². The molecule has 158 valence electrons. The lowest BCUT2D eigenvalue weighted by Crippen LogP contribution is -2.30. The normalized spacial score (nSPS) is 12.0. The Bertz CT molecular complexity index is 1180. The smallest absolute Gasteiger partial charge is 0.225 e. The maximum atomic E-state index is 13.6. The van der Waals surface area contributed by atoms with Gasteiger partial charge >= 0.3 is 0 Å². The van der Waals surface area contributed by atoms with Crippen LogP contribution < -0.4 is 10.1 Å². The molecule has 4 rings (SSSR count). The third-order valence-corrected chi connectivity index (χ3v) is 5.40. The first-order valence-corrected chi connectivity index (χ1v) is 10.2. The number of ether oxygens (including phenoxy) is 1. The predicted octanol–water partition coefficient (Wildman–Crippen LogP) is 4.65. The van der Waals surface area contributed by atoms with Gasteiger partial charge in [-0.05, 0) is 48.4 Å². The summed E-state index contributed by atoms with van der Waals surface area (Å²) in [4.78, 5) is 17.2. The number of carbonyl (C=O) groups is 1. The Morgan fingerprint density at radius 1 is 1.13 bits per heavy atom. The number of nitrogens with one attached hydrogen (secondary N) is 1. The summed E-state index contributed by atoms with van der Waals surface area (Å²) in [5.41, 5.74) is 3.65. The van der Waals surface area contributed by atoms with E-state index in [9.17, 15) is 9.18 Å². The fourth-order valence-electron chi connectivity index (χ4n) is 3.79. The van der Waals surface area contributed by atoms with Crippen LogP contribution in [0.15, 0.2) is 73.2 Å². The van der Waals surface area contributed by atoms with Crippen molar-refractivity contribution in [3.8, 4) is 5.75 Å². The first kappa shape index (κ1) is 20.6. The van der Waals surface area contributed by atoms with Gasteiger partial charge in [-0.25, -0.2) is 4.39 Å². The number of hydrogen-bond donors (Lipinski definition) is 1. The Morgan fingerprint density at radius 3 is 2.55 bits per heavy atom. The van der Waals surface area contributed by atoms with Gasteiger partial charge in [0.2, 0.25) is 5.91 Å². The molecule has 0 unspecified atom stereocenters. The standard InChI is InChI=1S/C25H24FN3O2/c1-3-29-16-22(21-12-13-27-15-23(21)29)25(18-6-8-19(26)9-7-18)28-24(30)14-17-4-10-20(31-2)11-5-17/h4-13,15-16,25H,3,14H2,1-2H3,(H,28,30)/t25-/m1/s1. The number of fused-ring (bicyclic) bond motifs is 1. The minimum absolute atomic E-state index is 0.119. The molecule has 0 aliphatic carbocycles. The number of pyridine rings is 1. The molecule has 5 nitrogen and oxygen atoms in total. The molecule has 6 heteroatoms. The second kappa shape index (κ2) is 9.00. The van der Waals surface area contributed by atoms with Crippen molar-refractivity contribution in [1.82, 2.24) is 14.9 Å². The first-order valence-electron chi connectivity index (χ1n) is 10.2. The molecule has 0 fully saturated rings. The molecule has 2 aromatic heterocycles. The van der Waals surface area contributed by atoms with Crippen LogP contribution >= 0.6 is 0 Å². The van der Waals surface area contributed by atoms with Crippen molar-refractivity contribution in [3.05, 3.63) is 95.7 Å². The highest BCUT2D eigenvalue weighted by molar-refractivity contribution is 5.86. The topological polar surface area (TPSA) is 56.2 Å². The van der Waals surface area contributed by atoms with Gasteiger partial charge in [0.05, 0.1) is 31.3 Å². The lowest BCUT2D eigenvalue weighted by molar-refractivity contribution is -0.120. The molecule has 0 spiro atoms. The molecule has 2 heterocycles. The van der Waals surface area contributed by atoms with Gasteiger partial charge in [-0.1, -0.05) is 24.3 Å². The summed E-state index contributed by atoms with van der Waals surface area (Å²) >= 11 is 0. The van der Waals surface area contributed by atoms with E-state index in [-0.39, 0.29) is 18.1 Å². The van der Waals surface area contributed by atoms with Gasteiger partial charge in [-0.15, -0.1) is 0 Å². The van der Waals surface area contributed by atoms with Gasteiger partial charge in [0.15, 0.2) is 0 Å². The highest BCUT2D eigenvalue weighted by Crippen LogP contribution is 2.31. The number of methoxy groups -OCH3 is 1. The average Bonchev–Trinajstić information content (AvgIpc) is 3.17. The number of rotatable bonds is 7. The molecule has 1 atom stereocenters. The molecular formula is C25H24FN3O2. The van der Waals surface area contributed by atoms with Crippen molar-refractivity contribution in [2.24, 2.45) is 0 Å². The lowest BCUT2D eigenvalue weighted by atomic mass is 9.98. The largest absolute Gasteiger partial charge is 0.497 e. The van der Waals surface area contributed by atoms with Gasteiger partial charge < -0.3 is 14.6 Å². The molecule has 31 heavy (non-hydrogen) atoms. The van der Waals surface area contributed by atoms with Crippen LogP contribution in [0, 0.1) is 5.82 Å². The van der Waals surface area contributed by atoms with Gasteiger partial charge in [-0.3, -0.25) is 9.78 Å². The molecule has 0 bridgehead atoms. The Morgan fingerprint density at radius 2 is 1.87 bits per heavy atom. The molecule has 0 aliphatic heterocycles. The second-order valence-electron chi connectivity index (χ2n) is 7.34. The van der Waals surface area contributed by atoms with E-state index in [0.717, 1.165) is 39.9 Å². The molecular weight excluding hydrogens is 393 g/mol. The molecule has 0 radical (unpaired) electrons. The molecule has 0 saturated heterocycles. The number of aryl methyl sites for hydroxylation is 1. The monoisotopic (exact) mass is 417 g/mol. The summed E-state index contributed by atoms with van der Waals surface area (Å²) in [5.74, 6) is 0.313. The van der Waals surface area contributed by atoms with Crippen molar-refractivity contribution in [2.75, 3.05) is 7.11 Å². The number of halogens is 1. The summed E-state index contributed by atoms with van der Waals surface area (Å²) < 4.78 is 20.8. The Labute approximate surface area is 180 Å². The Balaban J connectivity index is 1.68. The number of carbonyl (C=O) groups excluding carboxylic acids is 1. The fraction of sp³-hybridized carbons (Fsp3) is 0.200. The average molecular weight is 417 g/mol. The minimum atomic E-state index is -0.413. The molecule has 0 aliphatic rings. The SMILES string of the molecule is CCn1cc([C@H](NC(=O)Cc2ccc(OC)cc2)c2ccc(F)cc2)c2ccncc21. The number of aromatic nitrogens is 2. The van der Waals surface area contributed by atoms with Gasteiger partial charge in [0.1, 0.15) is 11.6 Å². The van der Waals surface area contributed by atoms with Crippen LogP contribution in [0.25, 0.3) is 10.9 Å².